The van der Waals surface area contributed by atoms with Crippen LogP contribution in [0.5, 0.6) is 0 Å². The fourth-order valence-electron chi connectivity index (χ4n) is 1.58. The van der Waals surface area contributed by atoms with Crippen LogP contribution in [-0.2, 0) is 6.42 Å². The highest BCUT2D eigenvalue weighted by molar-refractivity contribution is 5.88. The smallest absolute Gasteiger partial charge is 0.354 e. The van der Waals surface area contributed by atoms with Crippen molar-refractivity contribution in [2.45, 2.75) is 12.8 Å². The van der Waals surface area contributed by atoms with E-state index in [-0.39, 0.29) is 5.69 Å². The number of nitrogens with one attached hydrogen (secondary N) is 1. The fraction of sp³-hybridized carbons (Fsp3) is 0.333. The molecule has 74 valence electrons. The van der Waals surface area contributed by atoms with Gasteiger partial charge in [0.1, 0.15) is 0 Å². The Morgan fingerprint density at radius 1 is 1.64 bits per heavy atom. The normalized spacial score (nSPS) is 14.3. The first-order valence-electron chi connectivity index (χ1n) is 4.45. The zero-order valence-corrected chi connectivity index (χ0v) is 7.58. The van der Waals surface area contributed by atoms with E-state index in [9.17, 15) is 4.79 Å². The van der Waals surface area contributed by atoms with Crippen molar-refractivity contribution in [3.63, 3.8) is 0 Å². The number of nitrogens with two attached hydrogens (primary N) is 1. The molecule has 0 saturated carbocycles. The molecule has 0 unspecified atom stereocenters. The third-order valence-corrected chi connectivity index (χ3v) is 2.24. The van der Waals surface area contributed by atoms with Gasteiger partial charge in [0, 0.05) is 6.54 Å². The van der Waals surface area contributed by atoms with Crippen LogP contribution in [0.2, 0.25) is 0 Å². The van der Waals surface area contributed by atoms with Gasteiger partial charge >= 0.3 is 5.97 Å². The first kappa shape index (κ1) is 8.80. The van der Waals surface area contributed by atoms with Gasteiger partial charge in [-0.2, -0.15) is 0 Å². The number of nitrogen functional groups attached to an aromatic ring is 1. The Hall–Kier alpha value is -1.78. The third kappa shape index (κ3) is 1.37. The maximum Gasteiger partial charge on any atom is 0.354 e. The molecule has 4 N–H and O–H groups in total. The number of carboxylic acid groups (broad SMARTS) is 1. The number of carbonyl (C=O) groups is 1. The van der Waals surface area contributed by atoms with Crippen molar-refractivity contribution in [3.05, 3.63) is 17.5 Å². The summed E-state index contributed by atoms with van der Waals surface area (Å²) in [5, 5.41) is 11.9. The van der Waals surface area contributed by atoms with Gasteiger partial charge in [0.15, 0.2) is 5.69 Å². The monoisotopic (exact) mass is 193 g/mol. The molecule has 5 nitrogen and oxygen atoms in total. The predicted molar refractivity (Wildman–Crippen MR) is 52.4 cm³/mol. The lowest BCUT2D eigenvalue weighted by Crippen LogP contribution is -2.17. The third-order valence-electron chi connectivity index (χ3n) is 2.24. The molecule has 1 aliphatic rings. The number of fused-ring (bicyclic) bond motifs is 1. The van der Waals surface area contributed by atoms with Gasteiger partial charge in [0.2, 0.25) is 0 Å². The molecule has 2 heterocycles. The fourth-order valence-corrected chi connectivity index (χ4v) is 1.58. The van der Waals surface area contributed by atoms with Crippen molar-refractivity contribution >= 4 is 17.3 Å². The number of hydrogen-bond acceptors (Lipinski definition) is 4. The van der Waals surface area contributed by atoms with Crippen molar-refractivity contribution in [3.8, 4) is 0 Å². The Labute approximate surface area is 81.0 Å². The van der Waals surface area contributed by atoms with E-state index in [4.69, 9.17) is 10.8 Å². The van der Waals surface area contributed by atoms with Gasteiger partial charge in [0.05, 0.1) is 17.1 Å². The summed E-state index contributed by atoms with van der Waals surface area (Å²) in [6.07, 6.45) is 1.75. The summed E-state index contributed by atoms with van der Waals surface area (Å²) < 4.78 is 0. The van der Waals surface area contributed by atoms with E-state index in [1.54, 1.807) is 0 Å². The molecule has 0 aliphatic carbocycles. The van der Waals surface area contributed by atoms with Gasteiger partial charge in [-0.3, -0.25) is 0 Å². The van der Waals surface area contributed by atoms with E-state index in [2.05, 4.69) is 10.3 Å². The van der Waals surface area contributed by atoms with Crippen molar-refractivity contribution in [2.75, 3.05) is 17.6 Å². The average Bonchev–Trinajstić information content (AvgIpc) is 2.17. The minimum Gasteiger partial charge on any atom is -0.477 e. The van der Waals surface area contributed by atoms with E-state index >= 15 is 0 Å². The van der Waals surface area contributed by atoms with Crippen molar-refractivity contribution in [1.29, 1.82) is 0 Å². The van der Waals surface area contributed by atoms with Crippen LogP contribution in [0.15, 0.2) is 6.07 Å². The standard InChI is InChI=1S/C9H11N3O2/c10-5-4-7(9(13)14)12-6-2-1-3-11-8(5)6/h4,11H,1-3H2,(H2,10,12)(H,13,14). The molecular formula is C9H11N3O2. The molecule has 0 spiro atoms. The summed E-state index contributed by atoms with van der Waals surface area (Å²) in [5.41, 5.74) is 7.75. The molecule has 0 amide bonds. The van der Waals surface area contributed by atoms with Crippen molar-refractivity contribution in [2.24, 2.45) is 0 Å². The Morgan fingerprint density at radius 3 is 3.14 bits per heavy atom. The summed E-state index contributed by atoms with van der Waals surface area (Å²) in [5.74, 6) is -1.04. The van der Waals surface area contributed by atoms with E-state index in [0.717, 1.165) is 30.8 Å². The van der Waals surface area contributed by atoms with E-state index in [0.29, 0.717) is 5.69 Å². The molecule has 14 heavy (non-hydrogen) atoms. The first-order valence-corrected chi connectivity index (χ1v) is 4.45. The second-order valence-electron chi connectivity index (χ2n) is 3.25. The Balaban J connectivity index is 2.51. The maximum atomic E-state index is 10.7. The largest absolute Gasteiger partial charge is 0.477 e. The van der Waals surface area contributed by atoms with E-state index < -0.39 is 5.97 Å². The lowest BCUT2D eigenvalue weighted by molar-refractivity contribution is 0.0690. The zero-order valence-electron chi connectivity index (χ0n) is 7.58. The van der Waals surface area contributed by atoms with E-state index in [1.807, 2.05) is 0 Å². The average molecular weight is 193 g/mol. The number of anilines is 2. The minimum absolute atomic E-state index is 0.0185. The Kier molecular flexibility index (Phi) is 1.99. The molecular weight excluding hydrogens is 182 g/mol. The number of hydrogen-bond donors (Lipinski definition) is 3. The zero-order chi connectivity index (χ0) is 10.1. The van der Waals surface area contributed by atoms with Crippen LogP contribution >= 0.6 is 0 Å². The van der Waals surface area contributed by atoms with Crippen LogP contribution in [-0.4, -0.2) is 22.6 Å². The summed E-state index contributed by atoms with van der Waals surface area (Å²) in [4.78, 5) is 14.7. The lowest BCUT2D eigenvalue weighted by atomic mass is 10.1. The Bertz CT molecular complexity index is 390. The van der Waals surface area contributed by atoms with Crippen molar-refractivity contribution in [1.82, 2.24) is 4.98 Å². The number of aromatic carboxylic acids is 1. The molecule has 5 heteroatoms. The highest BCUT2D eigenvalue weighted by Crippen LogP contribution is 2.27. The number of rotatable bonds is 1. The van der Waals surface area contributed by atoms with Crippen LogP contribution in [0, 0.1) is 0 Å². The topological polar surface area (TPSA) is 88.2 Å². The highest BCUT2D eigenvalue weighted by atomic mass is 16.4. The highest BCUT2D eigenvalue weighted by Gasteiger charge is 2.16. The second-order valence-corrected chi connectivity index (χ2v) is 3.25. The van der Waals surface area contributed by atoms with Gasteiger partial charge in [-0.1, -0.05) is 0 Å². The summed E-state index contributed by atoms with van der Waals surface area (Å²) >= 11 is 0. The van der Waals surface area contributed by atoms with Gasteiger partial charge < -0.3 is 16.2 Å². The molecule has 0 atom stereocenters. The molecule has 1 aliphatic heterocycles. The minimum atomic E-state index is -1.04. The number of aryl methyl sites for hydroxylation is 1. The summed E-state index contributed by atoms with van der Waals surface area (Å²) in [7, 11) is 0. The molecule has 0 aromatic carbocycles. The first-order chi connectivity index (χ1) is 6.68. The quantitative estimate of drug-likeness (QED) is 0.611. The molecule has 0 bridgehead atoms. The van der Waals surface area contributed by atoms with Crippen molar-refractivity contribution < 1.29 is 9.90 Å². The predicted octanol–water partition coefficient (Wildman–Crippen LogP) is 0.720. The number of aromatic nitrogens is 1. The molecule has 1 aromatic heterocycles. The van der Waals surface area contributed by atoms with Gasteiger partial charge in [-0.25, -0.2) is 9.78 Å². The van der Waals surface area contributed by atoms with Crippen LogP contribution < -0.4 is 11.1 Å². The molecule has 0 fully saturated rings. The SMILES string of the molecule is Nc1cc(C(=O)O)nc2c1NCCC2. The summed E-state index contributed by atoms with van der Waals surface area (Å²) in [6, 6.07) is 1.39. The number of pyridine rings is 1. The Morgan fingerprint density at radius 2 is 2.43 bits per heavy atom. The lowest BCUT2D eigenvalue weighted by Gasteiger charge is -2.18. The van der Waals surface area contributed by atoms with Crippen LogP contribution in [0.1, 0.15) is 22.6 Å². The number of nitrogens with zero attached hydrogens (tertiary/aromatic N) is 1. The van der Waals surface area contributed by atoms with Gasteiger partial charge in [-0.05, 0) is 18.9 Å². The molecule has 0 saturated heterocycles. The van der Waals surface area contributed by atoms with Gasteiger partial charge in [0.25, 0.3) is 0 Å². The number of carboxylic acids is 1. The maximum absolute atomic E-state index is 10.7. The van der Waals surface area contributed by atoms with Crippen LogP contribution in [0.25, 0.3) is 0 Å². The van der Waals surface area contributed by atoms with Gasteiger partial charge in [-0.15, -0.1) is 0 Å². The van der Waals surface area contributed by atoms with E-state index in [1.165, 1.54) is 6.07 Å². The second kappa shape index (κ2) is 3.17. The summed E-state index contributed by atoms with van der Waals surface area (Å²) in [6.45, 7) is 0.866. The molecule has 2 rings (SSSR count). The van der Waals surface area contributed by atoms with Crippen LogP contribution in [0.4, 0.5) is 11.4 Å². The van der Waals surface area contributed by atoms with Crippen LogP contribution in [0.3, 0.4) is 0 Å². The molecule has 1 aromatic rings. The molecule has 0 radical (unpaired) electrons.